The summed E-state index contributed by atoms with van der Waals surface area (Å²) in [5, 5.41) is 0. The summed E-state index contributed by atoms with van der Waals surface area (Å²) in [7, 11) is 0. The lowest BCUT2D eigenvalue weighted by molar-refractivity contribution is -0.138. The number of carbonyl (C=O) groups is 1. The number of nitrogens with one attached hydrogen (secondary N) is 1. The van der Waals surface area contributed by atoms with Crippen molar-refractivity contribution in [3.63, 3.8) is 0 Å². The molecule has 0 saturated carbocycles. The Balaban J connectivity index is 3.81. The number of carbonyl (C=O) groups excluding carboxylic acids is 1. The highest BCUT2D eigenvalue weighted by Crippen LogP contribution is 2.22. The number of primary amides is 1. The van der Waals surface area contributed by atoms with Crippen LogP contribution in [0.3, 0.4) is 0 Å². The summed E-state index contributed by atoms with van der Waals surface area (Å²) in [5.74, 6) is -0.894. The van der Waals surface area contributed by atoms with E-state index in [2.05, 4.69) is 0 Å². The van der Waals surface area contributed by atoms with Crippen LogP contribution < -0.4 is 10.6 Å². The third kappa shape index (κ3) is 5.20. The van der Waals surface area contributed by atoms with E-state index in [0.717, 1.165) is 0 Å². The highest BCUT2D eigenvalue weighted by Gasteiger charge is 2.29. The zero-order valence-corrected chi connectivity index (χ0v) is 6.74. The lowest BCUT2D eigenvalue weighted by Crippen LogP contribution is -2.37. The largest absolute Gasteiger partial charge is 0.389 e. The predicted octanol–water partition coefficient (Wildman–Crippen LogP) is 0.926. The fourth-order valence-electron chi connectivity index (χ4n) is 0.559. The highest BCUT2D eigenvalue weighted by molar-refractivity contribution is 6.15. The minimum atomic E-state index is -4.29. The molecule has 0 aliphatic rings. The van der Waals surface area contributed by atoms with E-state index in [1.807, 2.05) is 4.84 Å². The Morgan fingerprint density at radius 1 is 1.58 bits per heavy atom. The quantitative estimate of drug-likeness (QED) is 0.670. The van der Waals surface area contributed by atoms with Gasteiger partial charge in [0.2, 0.25) is 5.91 Å². The molecule has 0 saturated heterocycles. The minimum absolute atomic E-state index is 0.442. The molecule has 3 nitrogen and oxygen atoms in total. The van der Waals surface area contributed by atoms with E-state index in [1.54, 1.807) is 0 Å². The zero-order valence-electron chi connectivity index (χ0n) is 5.99. The molecule has 7 heteroatoms. The van der Waals surface area contributed by atoms with Gasteiger partial charge in [0, 0.05) is 6.42 Å². The Bertz CT molecular complexity index is 161. The molecule has 0 unspecified atom stereocenters. The normalized spacial score (nSPS) is 14.3. The second kappa shape index (κ2) is 4.51. The van der Waals surface area contributed by atoms with E-state index in [4.69, 9.17) is 17.5 Å². The van der Waals surface area contributed by atoms with Gasteiger partial charge in [-0.15, -0.1) is 0 Å². The standard InChI is InChI=1S/C5H8ClF3N2O/c6-11-3(4(10)12)1-2-5(7,8)9/h3,11H,1-2H2,(H2,10,12)/t3-/m1/s1. The van der Waals surface area contributed by atoms with Gasteiger partial charge in [-0.2, -0.15) is 13.2 Å². The van der Waals surface area contributed by atoms with Crippen molar-refractivity contribution in [1.29, 1.82) is 0 Å². The van der Waals surface area contributed by atoms with Crippen LogP contribution >= 0.6 is 11.8 Å². The van der Waals surface area contributed by atoms with Crippen LogP contribution in [0.4, 0.5) is 13.2 Å². The van der Waals surface area contributed by atoms with Gasteiger partial charge in [0.1, 0.15) is 6.04 Å². The molecule has 0 bridgehead atoms. The van der Waals surface area contributed by atoms with Gasteiger partial charge < -0.3 is 5.73 Å². The molecule has 3 N–H and O–H groups in total. The molecular formula is C5H8ClF3N2O. The van der Waals surface area contributed by atoms with Crippen LogP contribution in [0.2, 0.25) is 0 Å². The number of nitrogens with two attached hydrogens (primary N) is 1. The first kappa shape index (κ1) is 11.5. The molecular weight excluding hydrogens is 197 g/mol. The highest BCUT2D eigenvalue weighted by atomic mass is 35.5. The first-order valence-electron chi connectivity index (χ1n) is 3.09. The summed E-state index contributed by atoms with van der Waals surface area (Å²) < 4.78 is 34.8. The maximum Gasteiger partial charge on any atom is 0.389 e. The van der Waals surface area contributed by atoms with Crippen LogP contribution in [0.5, 0.6) is 0 Å². The number of alkyl halides is 3. The van der Waals surface area contributed by atoms with Crippen LogP contribution in [0.15, 0.2) is 0 Å². The second-order valence-corrected chi connectivity index (χ2v) is 2.44. The van der Waals surface area contributed by atoms with Crippen molar-refractivity contribution in [3.8, 4) is 0 Å². The van der Waals surface area contributed by atoms with Crippen molar-refractivity contribution in [2.75, 3.05) is 0 Å². The molecule has 0 rings (SSSR count). The van der Waals surface area contributed by atoms with Crippen molar-refractivity contribution in [2.24, 2.45) is 5.73 Å². The summed E-state index contributed by atoms with van der Waals surface area (Å²) in [5.41, 5.74) is 4.72. The summed E-state index contributed by atoms with van der Waals surface area (Å²) >= 11 is 4.97. The maximum atomic E-state index is 11.6. The molecule has 12 heavy (non-hydrogen) atoms. The van der Waals surface area contributed by atoms with E-state index in [-0.39, 0.29) is 0 Å². The van der Waals surface area contributed by atoms with Crippen LogP contribution in [0.25, 0.3) is 0 Å². The maximum absolute atomic E-state index is 11.6. The Kier molecular flexibility index (Phi) is 4.33. The molecule has 0 aromatic heterocycles. The van der Waals surface area contributed by atoms with Crippen molar-refractivity contribution >= 4 is 17.7 Å². The predicted molar refractivity (Wildman–Crippen MR) is 37.3 cm³/mol. The number of amides is 1. The van der Waals surface area contributed by atoms with Crippen molar-refractivity contribution in [1.82, 2.24) is 4.84 Å². The van der Waals surface area contributed by atoms with Crippen molar-refractivity contribution < 1.29 is 18.0 Å². The van der Waals surface area contributed by atoms with Crippen molar-refractivity contribution in [3.05, 3.63) is 0 Å². The van der Waals surface area contributed by atoms with Crippen LogP contribution in [0.1, 0.15) is 12.8 Å². The first-order valence-corrected chi connectivity index (χ1v) is 3.47. The Labute approximate surface area is 72.2 Å². The second-order valence-electron chi connectivity index (χ2n) is 2.22. The van der Waals surface area contributed by atoms with Gasteiger partial charge in [0.05, 0.1) is 0 Å². The van der Waals surface area contributed by atoms with Crippen molar-refractivity contribution in [2.45, 2.75) is 25.1 Å². The third-order valence-electron chi connectivity index (χ3n) is 1.19. The lowest BCUT2D eigenvalue weighted by atomic mass is 10.1. The van der Waals surface area contributed by atoms with Crippen LogP contribution in [0, 0.1) is 0 Å². The number of halogens is 4. The topological polar surface area (TPSA) is 55.1 Å². The number of hydrogen-bond acceptors (Lipinski definition) is 2. The van der Waals surface area contributed by atoms with Crippen LogP contribution in [-0.2, 0) is 4.79 Å². The van der Waals surface area contributed by atoms with Gasteiger partial charge in [-0.25, -0.2) is 4.84 Å². The summed E-state index contributed by atoms with van der Waals surface area (Å²) in [4.78, 5) is 12.2. The van der Waals surface area contributed by atoms with E-state index in [9.17, 15) is 18.0 Å². The van der Waals surface area contributed by atoms with E-state index < -0.39 is 31.0 Å². The molecule has 0 aromatic carbocycles. The Morgan fingerprint density at radius 3 is 2.33 bits per heavy atom. The third-order valence-corrected chi connectivity index (χ3v) is 1.46. The zero-order chi connectivity index (χ0) is 9.78. The van der Waals surface area contributed by atoms with Gasteiger partial charge in [-0.05, 0) is 18.2 Å². The smallest absolute Gasteiger partial charge is 0.368 e. The van der Waals surface area contributed by atoms with Crippen LogP contribution in [-0.4, -0.2) is 18.1 Å². The summed E-state index contributed by atoms with van der Waals surface area (Å²) in [6.45, 7) is 0. The molecule has 0 aromatic rings. The molecule has 1 amide bonds. The molecule has 0 radical (unpaired) electrons. The van der Waals surface area contributed by atoms with E-state index in [0.29, 0.717) is 0 Å². The molecule has 0 fully saturated rings. The van der Waals surface area contributed by atoms with Gasteiger partial charge in [0.15, 0.2) is 0 Å². The lowest BCUT2D eigenvalue weighted by Gasteiger charge is -2.11. The van der Waals surface area contributed by atoms with Gasteiger partial charge in [-0.1, -0.05) is 0 Å². The van der Waals surface area contributed by atoms with E-state index >= 15 is 0 Å². The fourth-order valence-corrected chi connectivity index (χ4v) is 0.775. The van der Waals surface area contributed by atoms with Gasteiger partial charge >= 0.3 is 6.18 Å². The fraction of sp³-hybridized carbons (Fsp3) is 0.800. The molecule has 0 spiro atoms. The number of rotatable bonds is 4. The van der Waals surface area contributed by atoms with E-state index in [1.165, 1.54) is 0 Å². The molecule has 72 valence electrons. The van der Waals surface area contributed by atoms with Gasteiger partial charge in [-0.3, -0.25) is 4.79 Å². The number of hydrogen-bond donors (Lipinski definition) is 2. The minimum Gasteiger partial charge on any atom is -0.368 e. The Hall–Kier alpha value is -0.490. The summed E-state index contributed by atoms with van der Waals surface area (Å²) in [6.07, 6.45) is -5.82. The Morgan fingerprint density at radius 2 is 2.08 bits per heavy atom. The molecule has 0 heterocycles. The average molecular weight is 205 g/mol. The molecule has 0 aliphatic carbocycles. The first-order chi connectivity index (χ1) is 5.37. The molecule has 1 atom stereocenters. The summed E-state index contributed by atoms with van der Waals surface area (Å²) in [6, 6.07) is -1.13. The average Bonchev–Trinajstić information content (AvgIpc) is 1.85. The monoisotopic (exact) mass is 204 g/mol. The van der Waals surface area contributed by atoms with Gasteiger partial charge in [0.25, 0.3) is 0 Å². The SMILES string of the molecule is NC(=O)[C@@H](CCC(F)(F)F)NCl. The molecule has 0 aliphatic heterocycles.